The van der Waals surface area contributed by atoms with Crippen LogP contribution in [-0.2, 0) is 9.59 Å². The first kappa shape index (κ1) is 19.9. The second-order valence-electron chi connectivity index (χ2n) is 6.91. The molecule has 0 saturated carbocycles. The van der Waals surface area contributed by atoms with Gasteiger partial charge in [0.15, 0.2) is 13.1 Å². The summed E-state index contributed by atoms with van der Waals surface area (Å²) in [5, 5.41) is 5.18. The number of benzene rings is 2. The molecule has 4 N–H and O–H groups in total. The lowest BCUT2D eigenvalue weighted by atomic mass is 10.2. The Morgan fingerprint density at radius 3 is 1.43 bits per heavy atom. The molecule has 2 aromatic carbocycles. The topological polar surface area (TPSA) is 67.1 Å². The molecule has 1 aliphatic heterocycles. The Bertz CT molecular complexity index is 769. The van der Waals surface area contributed by atoms with Gasteiger partial charge in [-0.05, 0) is 24.3 Å². The van der Waals surface area contributed by atoms with Crippen molar-refractivity contribution in [2.45, 2.75) is 0 Å². The first-order chi connectivity index (χ1) is 13.5. The Kier molecular flexibility index (Phi) is 6.67. The van der Waals surface area contributed by atoms with Crippen molar-refractivity contribution < 1.29 is 28.2 Å². The zero-order valence-corrected chi connectivity index (χ0v) is 15.4. The van der Waals surface area contributed by atoms with Crippen molar-refractivity contribution in [1.29, 1.82) is 0 Å². The summed E-state index contributed by atoms with van der Waals surface area (Å²) in [7, 11) is 0. The molecule has 0 unspecified atom stereocenters. The summed E-state index contributed by atoms with van der Waals surface area (Å²) in [4.78, 5) is 26.4. The van der Waals surface area contributed by atoms with E-state index in [9.17, 15) is 18.4 Å². The van der Waals surface area contributed by atoms with Crippen molar-refractivity contribution in [1.82, 2.24) is 0 Å². The summed E-state index contributed by atoms with van der Waals surface area (Å²) in [5.74, 6) is -1.39. The molecule has 2 amide bonds. The van der Waals surface area contributed by atoms with Gasteiger partial charge in [-0.25, -0.2) is 8.78 Å². The number of hydrogen-bond donors (Lipinski definition) is 4. The summed E-state index contributed by atoms with van der Waals surface area (Å²) in [6.45, 7) is 3.42. The number of halogens is 2. The largest absolute Gasteiger partial charge is 0.319 e. The van der Waals surface area contributed by atoms with Gasteiger partial charge < -0.3 is 20.4 Å². The minimum Gasteiger partial charge on any atom is -0.319 e. The second kappa shape index (κ2) is 9.38. The molecule has 2 aromatic rings. The Labute approximate surface area is 162 Å². The molecule has 0 spiro atoms. The fraction of sp³-hybridized carbons (Fsp3) is 0.300. The number of anilines is 2. The van der Waals surface area contributed by atoms with Crippen molar-refractivity contribution in [2.24, 2.45) is 0 Å². The molecule has 0 aliphatic carbocycles. The second-order valence-corrected chi connectivity index (χ2v) is 6.91. The molecular formula is C20H24F2N4O2+2. The van der Waals surface area contributed by atoms with E-state index in [1.54, 1.807) is 24.3 Å². The molecule has 0 atom stereocenters. The highest BCUT2D eigenvalue weighted by molar-refractivity contribution is 5.92. The minimum absolute atomic E-state index is 0.181. The van der Waals surface area contributed by atoms with Crippen molar-refractivity contribution in [3.8, 4) is 0 Å². The van der Waals surface area contributed by atoms with Gasteiger partial charge in [-0.3, -0.25) is 9.59 Å². The molecule has 148 valence electrons. The lowest BCUT2D eigenvalue weighted by molar-refractivity contribution is -1.00. The van der Waals surface area contributed by atoms with Gasteiger partial charge in [0.05, 0.1) is 11.4 Å². The van der Waals surface area contributed by atoms with E-state index in [1.165, 1.54) is 24.3 Å². The van der Waals surface area contributed by atoms with Crippen LogP contribution in [0.3, 0.4) is 0 Å². The first-order valence-electron chi connectivity index (χ1n) is 9.27. The van der Waals surface area contributed by atoms with E-state index in [4.69, 9.17) is 0 Å². The lowest BCUT2D eigenvalue weighted by Crippen LogP contribution is -3.28. The van der Waals surface area contributed by atoms with Gasteiger partial charge in [-0.15, -0.1) is 0 Å². The molecular weight excluding hydrogens is 366 g/mol. The van der Waals surface area contributed by atoms with Gasteiger partial charge >= 0.3 is 0 Å². The van der Waals surface area contributed by atoms with E-state index in [0.717, 1.165) is 36.0 Å². The highest BCUT2D eigenvalue weighted by Gasteiger charge is 2.26. The third-order valence-corrected chi connectivity index (χ3v) is 4.78. The Balaban J connectivity index is 1.40. The normalized spacial score (nSPS) is 19.1. The zero-order valence-electron chi connectivity index (χ0n) is 15.4. The molecule has 1 heterocycles. The standard InChI is InChI=1S/C20H22F2N4O2/c21-15-5-1-3-7-17(15)23-19(27)13-25-9-11-26(12-10-25)14-20(28)24-18-8-4-2-6-16(18)22/h1-8H,9-14H2,(H,23,27)(H,24,28)/p+2. The molecule has 3 rings (SSSR count). The van der Waals surface area contributed by atoms with Crippen LogP contribution in [0.1, 0.15) is 0 Å². The lowest BCUT2D eigenvalue weighted by Gasteiger charge is -2.29. The summed E-state index contributed by atoms with van der Waals surface area (Å²) in [6, 6.07) is 12.1. The van der Waals surface area contributed by atoms with Crippen molar-refractivity contribution in [2.75, 3.05) is 49.9 Å². The van der Waals surface area contributed by atoms with Crippen LogP contribution in [0.25, 0.3) is 0 Å². The van der Waals surface area contributed by atoms with Crippen LogP contribution in [0.4, 0.5) is 20.2 Å². The maximum absolute atomic E-state index is 13.6. The fourth-order valence-corrected chi connectivity index (χ4v) is 3.28. The molecule has 6 nitrogen and oxygen atoms in total. The number of rotatable bonds is 6. The number of hydrogen-bond acceptors (Lipinski definition) is 2. The molecule has 0 bridgehead atoms. The van der Waals surface area contributed by atoms with Crippen LogP contribution in [-0.4, -0.2) is 51.1 Å². The van der Waals surface area contributed by atoms with E-state index in [1.807, 2.05) is 0 Å². The summed E-state index contributed by atoms with van der Waals surface area (Å²) in [6.07, 6.45) is 0. The van der Waals surface area contributed by atoms with Gasteiger partial charge in [0.2, 0.25) is 0 Å². The van der Waals surface area contributed by atoms with Gasteiger partial charge in [0, 0.05) is 0 Å². The van der Waals surface area contributed by atoms with Crippen LogP contribution in [0, 0.1) is 11.6 Å². The smallest absolute Gasteiger partial charge is 0.279 e. The van der Waals surface area contributed by atoms with Gasteiger partial charge in [0.25, 0.3) is 11.8 Å². The predicted octanol–water partition coefficient (Wildman–Crippen LogP) is -0.675. The third kappa shape index (κ3) is 5.58. The summed E-state index contributed by atoms with van der Waals surface area (Å²) in [5.41, 5.74) is 0.363. The van der Waals surface area contributed by atoms with Gasteiger partial charge in [0.1, 0.15) is 37.8 Å². The Morgan fingerprint density at radius 1 is 0.714 bits per heavy atom. The van der Waals surface area contributed by atoms with Crippen molar-refractivity contribution in [3.05, 3.63) is 60.2 Å². The quantitative estimate of drug-likeness (QED) is 0.529. The highest BCUT2D eigenvalue weighted by Crippen LogP contribution is 2.12. The van der Waals surface area contributed by atoms with Crippen LogP contribution in [0.2, 0.25) is 0 Å². The van der Waals surface area contributed by atoms with Crippen LogP contribution in [0.5, 0.6) is 0 Å². The molecule has 0 aromatic heterocycles. The number of amides is 2. The maximum atomic E-state index is 13.6. The molecule has 1 saturated heterocycles. The first-order valence-corrected chi connectivity index (χ1v) is 9.27. The average Bonchev–Trinajstić information content (AvgIpc) is 2.67. The minimum atomic E-state index is -0.457. The maximum Gasteiger partial charge on any atom is 0.279 e. The predicted molar refractivity (Wildman–Crippen MR) is 101 cm³/mol. The van der Waals surface area contributed by atoms with E-state index in [-0.39, 0.29) is 36.3 Å². The number of quaternary nitrogens is 2. The van der Waals surface area contributed by atoms with Crippen LogP contribution in [0.15, 0.2) is 48.5 Å². The van der Waals surface area contributed by atoms with Crippen molar-refractivity contribution in [3.63, 3.8) is 0 Å². The van der Waals surface area contributed by atoms with Gasteiger partial charge in [-0.2, -0.15) is 0 Å². The number of carbonyl (C=O) groups excluding carboxylic acids is 2. The van der Waals surface area contributed by atoms with Gasteiger partial charge in [-0.1, -0.05) is 24.3 Å². The number of piperazine rings is 1. The number of nitrogens with one attached hydrogen (secondary N) is 4. The molecule has 1 aliphatic rings. The number of para-hydroxylation sites is 2. The summed E-state index contributed by atoms with van der Waals surface area (Å²) < 4.78 is 27.2. The molecule has 1 fully saturated rings. The summed E-state index contributed by atoms with van der Waals surface area (Å²) >= 11 is 0. The molecule has 8 heteroatoms. The van der Waals surface area contributed by atoms with E-state index < -0.39 is 11.6 Å². The molecule has 28 heavy (non-hydrogen) atoms. The Morgan fingerprint density at radius 2 is 1.07 bits per heavy atom. The zero-order chi connectivity index (χ0) is 19.9. The third-order valence-electron chi connectivity index (χ3n) is 4.78. The highest BCUT2D eigenvalue weighted by atomic mass is 19.1. The van der Waals surface area contributed by atoms with Crippen LogP contribution >= 0.6 is 0 Å². The van der Waals surface area contributed by atoms with E-state index >= 15 is 0 Å². The average molecular weight is 390 g/mol. The van der Waals surface area contributed by atoms with Crippen molar-refractivity contribution >= 4 is 23.2 Å². The van der Waals surface area contributed by atoms with E-state index in [2.05, 4.69) is 10.6 Å². The number of carbonyl (C=O) groups is 2. The van der Waals surface area contributed by atoms with Crippen LogP contribution < -0.4 is 20.4 Å². The SMILES string of the molecule is O=C(C[NH+]1CC[NH+](CC(=O)Nc2ccccc2F)CC1)Nc1ccccc1F. The fourth-order valence-electron chi connectivity index (χ4n) is 3.28. The Hall–Kier alpha value is -2.84. The van der Waals surface area contributed by atoms with E-state index in [0.29, 0.717) is 0 Å². The monoisotopic (exact) mass is 390 g/mol. The molecule has 0 radical (unpaired) electrons.